The Morgan fingerprint density at radius 2 is 1.57 bits per heavy atom. The van der Waals surface area contributed by atoms with Crippen LogP contribution in [0.4, 0.5) is 22.7 Å². The number of nitrogens with one attached hydrogen (secondary N) is 2. The first-order chi connectivity index (χ1) is 13.4. The van der Waals surface area contributed by atoms with E-state index >= 15 is 0 Å². The van der Waals surface area contributed by atoms with Gasteiger partial charge in [0, 0.05) is 11.8 Å². The molecule has 0 amide bonds. The van der Waals surface area contributed by atoms with Crippen LogP contribution in [0.1, 0.15) is 0 Å². The molecule has 3 rings (SSSR count). The van der Waals surface area contributed by atoms with Crippen molar-refractivity contribution in [3.63, 3.8) is 0 Å². The lowest BCUT2D eigenvalue weighted by molar-refractivity contribution is -0.383. The smallest absolute Gasteiger partial charge is 0.294 e. The van der Waals surface area contributed by atoms with Crippen molar-refractivity contribution >= 4 is 32.8 Å². The fourth-order valence-electron chi connectivity index (χ4n) is 2.50. The summed E-state index contributed by atoms with van der Waals surface area (Å²) in [5, 5.41) is 14.4. The highest BCUT2D eigenvalue weighted by molar-refractivity contribution is 7.92. The minimum absolute atomic E-state index is 0.0677. The van der Waals surface area contributed by atoms with Gasteiger partial charge in [-0.25, -0.2) is 8.42 Å². The fraction of sp³-hybridized carbons (Fsp3) is 0.0526. The zero-order chi connectivity index (χ0) is 20.1. The van der Waals surface area contributed by atoms with Gasteiger partial charge in [0.2, 0.25) is 0 Å². The van der Waals surface area contributed by atoms with E-state index < -0.39 is 14.9 Å². The van der Waals surface area contributed by atoms with Crippen LogP contribution < -0.4 is 14.8 Å². The minimum Gasteiger partial charge on any atom is -0.497 e. The Morgan fingerprint density at radius 1 is 0.929 bits per heavy atom. The number of sulfonamides is 1. The number of rotatable bonds is 7. The molecule has 0 saturated heterocycles. The van der Waals surface area contributed by atoms with Gasteiger partial charge in [-0.15, -0.1) is 0 Å². The summed E-state index contributed by atoms with van der Waals surface area (Å²) in [5.74, 6) is 0.658. The molecule has 0 atom stereocenters. The average Bonchev–Trinajstić information content (AvgIpc) is 2.70. The van der Waals surface area contributed by atoms with E-state index in [0.29, 0.717) is 11.4 Å². The van der Waals surface area contributed by atoms with Crippen LogP contribution >= 0.6 is 0 Å². The zero-order valence-corrected chi connectivity index (χ0v) is 15.6. The molecule has 0 bridgehead atoms. The SMILES string of the molecule is COc1ccc(Nc2ccc(NS(=O)(=O)c3ccccc3)cc2[N+](=O)[O-])cc1. The summed E-state index contributed by atoms with van der Waals surface area (Å²) in [6, 6.07) is 18.7. The van der Waals surface area contributed by atoms with E-state index in [-0.39, 0.29) is 22.0 Å². The summed E-state index contributed by atoms with van der Waals surface area (Å²) >= 11 is 0. The number of nitrogens with zero attached hydrogens (tertiary/aromatic N) is 1. The molecule has 0 aliphatic heterocycles. The molecule has 3 aromatic carbocycles. The number of nitro benzene ring substituents is 1. The van der Waals surface area contributed by atoms with Crippen LogP contribution in [0.2, 0.25) is 0 Å². The molecule has 2 N–H and O–H groups in total. The Kier molecular flexibility index (Phi) is 5.46. The van der Waals surface area contributed by atoms with Crippen molar-refractivity contribution in [3.05, 3.63) is 82.9 Å². The molecule has 144 valence electrons. The lowest BCUT2D eigenvalue weighted by Crippen LogP contribution is -2.13. The lowest BCUT2D eigenvalue weighted by Gasteiger charge is -2.11. The number of hydrogen-bond acceptors (Lipinski definition) is 6. The highest BCUT2D eigenvalue weighted by Crippen LogP contribution is 2.31. The highest BCUT2D eigenvalue weighted by atomic mass is 32.2. The molecule has 0 unspecified atom stereocenters. The summed E-state index contributed by atoms with van der Waals surface area (Å²) < 4.78 is 32.3. The third-order valence-corrected chi connectivity index (χ3v) is 5.27. The van der Waals surface area contributed by atoms with E-state index in [1.807, 2.05) is 0 Å². The van der Waals surface area contributed by atoms with E-state index in [1.54, 1.807) is 49.6 Å². The molecule has 0 aliphatic carbocycles. The van der Waals surface area contributed by atoms with Crippen molar-refractivity contribution in [2.75, 3.05) is 17.1 Å². The van der Waals surface area contributed by atoms with Gasteiger partial charge in [0.05, 0.1) is 22.6 Å². The van der Waals surface area contributed by atoms with Gasteiger partial charge in [-0.2, -0.15) is 0 Å². The second kappa shape index (κ2) is 7.97. The third-order valence-electron chi connectivity index (χ3n) is 3.87. The molecular weight excluding hydrogens is 382 g/mol. The Morgan fingerprint density at radius 3 is 2.18 bits per heavy atom. The second-order valence-electron chi connectivity index (χ2n) is 5.76. The molecule has 0 aliphatic rings. The quantitative estimate of drug-likeness (QED) is 0.456. The summed E-state index contributed by atoms with van der Waals surface area (Å²) in [4.78, 5) is 11.0. The maximum absolute atomic E-state index is 12.4. The number of methoxy groups -OCH3 is 1. The Hall–Kier alpha value is -3.59. The number of hydrogen-bond donors (Lipinski definition) is 2. The van der Waals surface area contributed by atoms with Crippen LogP contribution in [0.5, 0.6) is 5.75 Å². The largest absolute Gasteiger partial charge is 0.497 e. The molecule has 9 heteroatoms. The first-order valence-corrected chi connectivity index (χ1v) is 9.65. The second-order valence-corrected chi connectivity index (χ2v) is 7.44. The van der Waals surface area contributed by atoms with E-state index in [9.17, 15) is 18.5 Å². The van der Waals surface area contributed by atoms with E-state index in [2.05, 4.69) is 10.0 Å². The number of nitro groups is 1. The first kappa shape index (κ1) is 19.2. The van der Waals surface area contributed by atoms with Crippen molar-refractivity contribution in [2.45, 2.75) is 4.90 Å². The van der Waals surface area contributed by atoms with Crippen LogP contribution in [0.25, 0.3) is 0 Å². The molecule has 0 heterocycles. The van der Waals surface area contributed by atoms with Gasteiger partial charge in [-0.1, -0.05) is 18.2 Å². The fourth-order valence-corrected chi connectivity index (χ4v) is 3.57. The minimum atomic E-state index is -3.84. The highest BCUT2D eigenvalue weighted by Gasteiger charge is 2.19. The van der Waals surface area contributed by atoms with Crippen molar-refractivity contribution in [1.82, 2.24) is 0 Å². The standard InChI is InChI=1S/C19H17N3O5S/c1-27-16-10-7-14(8-11-16)20-18-12-9-15(13-19(18)22(23)24)21-28(25,26)17-5-3-2-4-6-17/h2-13,20-21H,1H3. The van der Waals surface area contributed by atoms with Gasteiger partial charge >= 0.3 is 0 Å². The average molecular weight is 399 g/mol. The van der Waals surface area contributed by atoms with Gasteiger partial charge < -0.3 is 10.1 Å². The molecule has 8 nitrogen and oxygen atoms in total. The van der Waals surface area contributed by atoms with E-state index in [4.69, 9.17) is 4.74 Å². The van der Waals surface area contributed by atoms with Crippen LogP contribution in [0, 0.1) is 10.1 Å². The maximum Gasteiger partial charge on any atom is 0.294 e. The summed E-state index contributed by atoms with van der Waals surface area (Å²) in [6.45, 7) is 0. The van der Waals surface area contributed by atoms with Crippen molar-refractivity contribution in [2.24, 2.45) is 0 Å². The maximum atomic E-state index is 12.4. The number of ether oxygens (including phenoxy) is 1. The van der Waals surface area contributed by atoms with Crippen molar-refractivity contribution < 1.29 is 18.1 Å². The lowest BCUT2D eigenvalue weighted by atomic mass is 10.2. The predicted octanol–water partition coefficient (Wildman–Crippen LogP) is 4.15. The Bertz CT molecular complexity index is 1080. The third kappa shape index (κ3) is 4.38. The summed E-state index contributed by atoms with van der Waals surface area (Å²) in [6.07, 6.45) is 0. The molecule has 0 fully saturated rings. The molecule has 0 radical (unpaired) electrons. The van der Waals surface area contributed by atoms with Crippen LogP contribution in [0.15, 0.2) is 77.7 Å². The Balaban J connectivity index is 1.87. The molecule has 0 saturated carbocycles. The van der Waals surface area contributed by atoms with Crippen LogP contribution in [-0.4, -0.2) is 20.5 Å². The van der Waals surface area contributed by atoms with Crippen molar-refractivity contribution in [3.8, 4) is 5.75 Å². The molecule has 28 heavy (non-hydrogen) atoms. The van der Waals surface area contributed by atoms with Gasteiger partial charge in [0.15, 0.2) is 0 Å². The molecule has 0 aromatic heterocycles. The molecular formula is C19H17N3O5S. The molecule has 3 aromatic rings. The van der Waals surface area contributed by atoms with Gasteiger partial charge in [-0.3, -0.25) is 14.8 Å². The Labute approximate surface area is 162 Å². The number of benzene rings is 3. The first-order valence-electron chi connectivity index (χ1n) is 8.16. The van der Waals surface area contributed by atoms with Crippen LogP contribution in [-0.2, 0) is 10.0 Å². The van der Waals surface area contributed by atoms with Gasteiger partial charge in [-0.05, 0) is 48.5 Å². The number of anilines is 3. The van der Waals surface area contributed by atoms with Gasteiger partial charge in [0.1, 0.15) is 11.4 Å². The van der Waals surface area contributed by atoms with E-state index in [1.165, 1.54) is 30.3 Å². The summed E-state index contributed by atoms with van der Waals surface area (Å²) in [5.41, 5.74) is 0.694. The predicted molar refractivity (Wildman–Crippen MR) is 107 cm³/mol. The molecule has 0 spiro atoms. The topological polar surface area (TPSA) is 111 Å². The summed E-state index contributed by atoms with van der Waals surface area (Å²) in [7, 11) is -2.30. The monoisotopic (exact) mass is 399 g/mol. The van der Waals surface area contributed by atoms with Gasteiger partial charge in [0.25, 0.3) is 15.7 Å². The van der Waals surface area contributed by atoms with Crippen molar-refractivity contribution in [1.29, 1.82) is 0 Å². The zero-order valence-electron chi connectivity index (χ0n) is 14.8. The van der Waals surface area contributed by atoms with E-state index in [0.717, 1.165) is 0 Å². The van der Waals surface area contributed by atoms with Crippen LogP contribution in [0.3, 0.4) is 0 Å². The normalized spacial score (nSPS) is 10.9.